The van der Waals surface area contributed by atoms with Crippen LogP contribution in [-0.2, 0) is 6.54 Å². The molecule has 0 aliphatic carbocycles. The number of aromatic nitrogens is 2. The fourth-order valence-electron chi connectivity index (χ4n) is 2.22. The van der Waals surface area contributed by atoms with Crippen molar-refractivity contribution >= 4 is 0 Å². The zero-order valence-corrected chi connectivity index (χ0v) is 12.5. The third-order valence-corrected chi connectivity index (χ3v) is 3.19. The molecule has 0 spiro atoms. The molecule has 2 rings (SSSR count). The molecule has 0 radical (unpaired) electrons. The van der Waals surface area contributed by atoms with Gasteiger partial charge in [0.15, 0.2) is 5.75 Å². The van der Waals surface area contributed by atoms with E-state index in [1.165, 1.54) is 0 Å². The molecule has 0 saturated heterocycles. The van der Waals surface area contributed by atoms with Gasteiger partial charge in [-0.3, -0.25) is 4.68 Å². The fraction of sp³-hybridized carbons (Fsp3) is 0.438. The second-order valence-electron chi connectivity index (χ2n) is 4.86. The van der Waals surface area contributed by atoms with Crippen molar-refractivity contribution in [3.05, 3.63) is 42.2 Å². The number of aryl methyl sites for hydroxylation is 1. The maximum absolute atomic E-state index is 5.98. The molecule has 1 N–H and O–H groups in total. The lowest BCUT2D eigenvalue weighted by atomic mass is 10.1. The van der Waals surface area contributed by atoms with Crippen molar-refractivity contribution in [1.29, 1.82) is 0 Å². The fourth-order valence-corrected chi connectivity index (χ4v) is 2.22. The Balaban J connectivity index is 2.15. The quantitative estimate of drug-likeness (QED) is 0.835. The molecule has 1 aromatic carbocycles. The van der Waals surface area contributed by atoms with Crippen LogP contribution in [0.2, 0.25) is 0 Å². The predicted molar refractivity (Wildman–Crippen MR) is 81.1 cm³/mol. The summed E-state index contributed by atoms with van der Waals surface area (Å²) in [4.78, 5) is 0. The Morgan fingerprint density at radius 2 is 2.10 bits per heavy atom. The Morgan fingerprint density at radius 3 is 2.85 bits per heavy atom. The topological polar surface area (TPSA) is 39.1 Å². The molecule has 108 valence electrons. The average molecular weight is 273 g/mol. The van der Waals surface area contributed by atoms with Gasteiger partial charge in [0.2, 0.25) is 0 Å². The number of nitrogens with zero attached hydrogens (tertiary/aromatic N) is 2. The Labute approximate surface area is 120 Å². The molecule has 0 fully saturated rings. The summed E-state index contributed by atoms with van der Waals surface area (Å²) in [6, 6.07) is 8.39. The summed E-state index contributed by atoms with van der Waals surface area (Å²) in [5.41, 5.74) is 1.16. The Bertz CT molecular complexity index is 536. The van der Waals surface area contributed by atoms with Gasteiger partial charge < -0.3 is 10.1 Å². The van der Waals surface area contributed by atoms with Crippen LogP contribution < -0.4 is 10.1 Å². The van der Waals surface area contributed by atoms with E-state index in [0.29, 0.717) is 0 Å². The first-order chi connectivity index (χ1) is 9.74. The van der Waals surface area contributed by atoms with Crippen LogP contribution in [0.25, 0.3) is 0 Å². The van der Waals surface area contributed by atoms with Crippen LogP contribution in [0.4, 0.5) is 0 Å². The summed E-state index contributed by atoms with van der Waals surface area (Å²) in [7, 11) is 0. The Morgan fingerprint density at radius 1 is 1.30 bits per heavy atom. The molecule has 1 atom stereocenters. The standard InChI is InChI=1S/C16H23N3O/c1-4-10-19-12-14(11-18-19)20-16-9-7-6-8-15(16)13(3)17-5-2/h6-9,11-13,17H,4-5,10H2,1-3H3. The van der Waals surface area contributed by atoms with Gasteiger partial charge in [0.1, 0.15) is 5.75 Å². The van der Waals surface area contributed by atoms with E-state index in [1.54, 1.807) is 6.20 Å². The zero-order chi connectivity index (χ0) is 14.4. The summed E-state index contributed by atoms with van der Waals surface area (Å²) >= 11 is 0. The minimum atomic E-state index is 0.266. The van der Waals surface area contributed by atoms with Crippen LogP contribution in [0.3, 0.4) is 0 Å². The van der Waals surface area contributed by atoms with E-state index in [9.17, 15) is 0 Å². The van der Waals surface area contributed by atoms with Crippen molar-refractivity contribution in [2.24, 2.45) is 0 Å². The van der Waals surface area contributed by atoms with Gasteiger partial charge in [-0.1, -0.05) is 32.0 Å². The van der Waals surface area contributed by atoms with Gasteiger partial charge in [0, 0.05) is 18.2 Å². The van der Waals surface area contributed by atoms with Gasteiger partial charge in [-0.05, 0) is 26.0 Å². The lowest BCUT2D eigenvalue weighted by Gasteiger charge is -2.16. The molecular formula is C16H23N3O. The third-order valence-electron chi connectivity index (χ3n) is 3.19. The molecule has 0 aliphatic heterocycles. The lowest BCUT2D eigenvalue weighted by molar-refractivity contribution is 0.461. The summed E-state index contributed by atoms with van der Waals surface area (Å²) in [5.74, 6) is 1.67. The molecule has 4 nitrogen and oxygen atoms in total. The van der Waals surface area contributed by atoms with E-state index in [2.05, 4.69) is 37.3 Å². The highest BCUT2D eigenvalue weighted by Crippen LogP contribution is 2.29. The van der Waals surface area contributed by atoms with Crippen LogP contribution >= 0.6 is 0 Å². The van der Waals surface area contributed by atoms with Gasteiger partial charge in [-0.2, -0.15) is 5.10 Å². The average Bonchev–Trinajstić information content (AvgIpc) is 2.87. The van der Waals surface area contributed by atoms with Crippen molar-refractivity contribution in [3.63, 3.8) is 0 Å². The van der Waals surface area contributed by atoms with Crippen LogP contribution in [0.5, 0.6) is 11.5 Å². The minimum Gasteiger partial charge on any atom is -0.454 e. The molecule has 20 heavy (non-hydrogen) atoms. The Kier molecular flexibility index (Phi) is 5.18. The van der Waals surface area contributed by atoms with Gasteiger partial charge in [-0.15, -0.1) is 0 Å². The third kappa shape index (κ3) is 3.61. The second kappa shape index (κ2) is 7.10. The molecule has 1 heterocycles. The lowest BCUT2D eigenvalue weighted by Crippen LogP contribution is -2.18. The van der Waals surface area contributed by atoms with Crippen molar-refractivity contribution in [3.8, 4) is 11.5 Å². The molecule has 0 bridgehead atoms. The number of nitrogens with one attached hydrogen (secondary N) is 1. The number of hydrogen-bond donors (Lipinski definition) is 1. The highest BCUT2D eigenvalue weighted by atomic mass is 16.5. The molecule has 1 aromatic heterocycles. The molecule has 0 aliphatic rings. The summed E-state index contributed by atoms with van der Waals surface area (Å²) in [6.45, 7) is 8.24. The summed E-state index contributed by atoms with van der Waals surface area (Å²) in [5, 5.41) is 7.70. The van der Waals surface area contributed by atoms with E-state index in [4.69, 9.17) is 4.74 Å². The molecular weight excluding hydrogens is 250 g/mol. The van der Waals surface area contributed by atoms with E-state index >= 15 is 0 Å². The van der Waals surface area contributed by atoms with Crippen molar-refractivity contribution in [2.45, 2.75) is 39.8 Å². The van der Waals surface area contributed by atoms with E-state index < -0.39 is 0 Å². The van der Waals surface area contributed by atoms with Crippen molar-refractivity contribution in [2.75, 3.05) is 6.54 Å². The van der Waals surface area contributed by atoms with Crippen molar-refractivity contribution < 1.29 is 4.74 Å². The van der Waals surface area contributed by atoms with Gasteiger partial charge in [-0.25, -0.2) is 0 Å². The SMILES string of the molecule is CCCn1cc(Oc2ccccc2C(C)NCC)cn1. The molecule has 4 heteroatoms. The molecule has 2 aromatic rings. The van der Waals surface area contributed by atoms with Crippen LogP contribution in [-0.4, -0.2) is 16.3 Å². The number of benzene rings is 1. The zero-order valence-electron chi connectivity index (χ0n) is 12.5. The number of rotatable bonds is 7. The van der Waals surface area contributed by atoms with Crippen LogP contribution in [0, 0.1) is 0 Å². The highest BCUT2D eigenvalue weighted by Gasteiger charge is 2.11. The van der Waals surface area contributed by atoms with E-state index in [-0.39, 0.29) is 6.04 Å². The first-order valence-corrected chi connectivity index (χ1v) is 7.27. The first-order valence-electron chi connectivity index (χ1n) is 7.27. The maximum atomic E-state index is 5.98. The van der Waals surface area contributed by atoms with Gasteiger partial charge in [0.05, 0.1) is 12.4 Å². The summed E-state index contributed by atoms with van der Waals surface area (Å²) in [6.07, 6.45) is 4.78. The first kappa shape index (κ1) is 14.6. The largest absolute Gasteiger partial charge is 0.454 e. The van der Waals surface area contributed by atoms with E-state index in [1.807, 2.05) is 29.1 Å². The highest BCUT2D eigenvalue weighted by molar-refractivity contribution is 5.38. The Hall–Kier alpha value is -1.81. The monoisotopic (exact) mass is 273 g/mol. The normalized spacial score (nSPS) is 12.3. The van der Waals surface area contributed by atoms with Crippen LogP contribution in [0.15, 0.2) is 36.7 Å². The number of para-hydroxylation sites is 1. The van der Waals surface area contributed by atoms with Crippen LogP contribution in [0.1, 0.15) is 38.8 Å². The smallest absolute Gasteiger partial charge is 0.165 e. The van der Waals surface area contributed by atoms with Gasteiger partial charge in [0.25, 0.3) is 0 Å². The second-order valence-corrected chi connectivity index (χ2v) is 4.86. The maximum Gasteiger partial charge on any atom is 0.165 e. The minimum absolute atomic E-state index is 0.266. The summed E-state index contributed by atoms with van der Waals surface area (Å²) < 4.78 is 7.89. The van der Waals surface area contributed by atoms with E-state index in [0.717, 1.165) is 36.6 Å². The number of hydrogen-bond acceptors (Lipinski definition) is 3. The molecule has 1 unspecified atom stereocenters. The van der Waals surface area contributed by atoms with Crippen molar-refractivity contribution in [1.82, 2.24) is 15.1 Å². The predicted octanol–water partition coefficient (Wildman–Crippen LogP) is 3.76. The van der Waals surface area contributed by atoms with Gasteiger partial charge >= 0.3 is 0 Å². The molecule has 0 amide bonds. The number of ether oxygens (including phenoxy) is 1. The molecule has 0 saturated carbocycles.